The second-order valence-corrected chi connectivity index (χ2v) is 10.2. The van der Waals surface area contributed by atoms with Gasteiger partial charge in [0.25, 0.3) is 0 Å². The van der Waals surface area contributed by atoms with Crippen molar-refractivity contribution in [3.63, 3.8) is 0 Å². The minimum absolute atomic E-state index is 0.0229. The van der Waals surface area contributed by atoms with E-state index in [9.17, 15) is 13.2 Å². The van der Waals surface area contributed by atoms with Crippen LogP contribution < -0.4 is 5.32 Å². The molecule has 2 rings (SSSR count). The molecule has 1 amide bonds. The van der Waals surface area contributed by atoms with E-state index in [0.717, 1.165) is 31.4 Å². The van der Waals surface area contributed by atoms with E-state index in [4.69, 9.17) is 0 Å². The Labute approximate surface area is 164 Å². The molecule has 0 saturated carbocycles. The normalized spacial score (nSPS) is 17.5. The summed E-state index contributed by atoms with van der Waals surface area (Å²) < 4.78 is 27.5. The summed E-state index contributed by atoms with van der Waals surface area (Å²) >= 11 is 0. The van der Waals surface area contributed by atoms with Crippen molar-refractivity contribution in [2.45, 2.75) is 57.4 Å². The highest BCUT2D eigenvalue weighted by Gasteiger charge is 2.27. The van der Waals surface area contributed by atoms with Crippen molar-refractivity contribution in [3.8, 4) is 0 Å². The Morgan fingerprint density at radius 2 is 1.74 bits per heavy atom. The van der Waals surface area contributed by atoms with Crippen LogP contribution in [0.4, 0.5) is 0 Å². The lowest BCUT2D eigenvalue weighted by Gasteiger charge is -2.25. The number of nitrogens with zero attached hydrogens (tertiary/aromatic N) is 2. The Bertz CT molecular complexity index is 724. The zero-order valence-corrected chi connectivity index (χ0v) is 17.8. The van der Waals surface area contributed by atoms with E-state index < -0.39 is 10.0 Å². The van der Waals surface area contributed by atoms with E-state index in [2.05, 4.69) is 12.2 Å². The Morgan fingerprint density at radius 3 is 2.33 bits per heavy atom. The first-order chi connectivity index (χ1) is 12.6. The molecule has 0 spiro atoms. The molecule has 0 aromatic heterocycles. The summed E-state index contributed by atoms with van der Waals surface area (Å²) in [6.45, 7) is 10.4. The van der Waals surface area contributed by atoms with Crippen molar-refractivity contribution in [1.29, 1.82) is 0 Å². The van der Waals surface area contributed by atoms with Crippen LogP contribution in [-0.4, -0.2) is 61.8 Å². The SMILES string of the molecule is CCCc1ccc(S(=O)(=O)N2CCCN(CC(=O)NC(C)(C)C)CC2)cc1. The molecule has 1 fully saturated rings. The molecule has 1 heterocycles. The quantitative estimate of drug-likeness (QED) is 0.802. The van der Waals surface area contributed by atoms with Gasteiger partial charge in [-0.05, 0) is 57.9 Å². The van der Waals surface area contributed by atoms with Crippen molar-refractivity contribution < 1.29 is 13.2 Å². The molecule has 1 saturated heterocycles. The maximum Gasteiger partial charge on any atom is 0.243 e. The fourth-order valence-corrected chi connectivity index (χ4v) is 4.74. The second kappa shape index (κ2) is 9.17. The molecule has 1 aromatic carbocycles. The van der Waals surface area contributed by atoms with Crippen LogP contribution in [0, 0.1) is 0 Å². The van der Waals surface area contributed by atoms with Gasteiger partial charge in [-0.3, -0.25) is 9.69 Å². The monoisotopic (exact) mass is 395 g/mol. The van der Waals surface area contributed by atoms with Crippen molar-refractivity contribution in [3.05, 3.63) is 29.8 Å². The van der Waals surface area contributed by atoms with Gasteiger partial charge in [-0.15, -0.1) is 0 Å². The topological polar surface area (TPSA) is 69.7 Å². The van der Waals surface area contributed by atoms with E-state index in [-0.39, 0.29) is 11.4 Å². The standard InChI is InChI=1S/C20H33N3O3S/c1-5-7-17-8-10-18(11-9-17)27(25,26)23-13-6-12-22(14-15-23)16-19(24)21-20(2,3)4/h8-11H,5-7,12-16H2,1-4H3,(H,21,24). The van der Waals surface area contributed by atoms with Gasteiger partial charge in [-0.1, -0.05) is 25.5 Å². The molecule has 152 valence electrons. The Balaban J connectivity index is 1.98. The van der Waals surface area contributed by atoms with Crippen molar-refractivity contribution in [2.24, 2.45) is 0 Å². The van der Waals surface area contributed by atoms with Crippen LogP contribution in [0.2, 0.25) is 0 Å². The molecule has 0 aliphatic carbocycles. The number of carbonyl (C=O) groups excluding carboxylic acids is 1. The molecule has 0 atom stereocenters. The van der Waals surface area contributed by atoms with Crippen LogP contribution in [0.25, 0.3) is 0 Å². The number of benzene rings is 1. The Morgan fingerprint density at radius 1 is 1.07 bits per heavy atom. The maximum absolute atomic E-state index is 13.0. The molecule has 6 nitrogen and oxygen atoms in total. The fourth-order valence-electron chi connectivity index (χ4n) is 3.27. The lowest BCUT2D eigenvalue weighted by molar-refractivity contribution is -0.123. The van der Waals surface area contributed by atoms with Crippen LogP contribution in [0.1, 0.15) is 46.1 Å². The summed E-state index contributed by atoms with van der Waals surface area (Å²) in [6, 6.07) is 7.22. The molecule has 27 heavy (non-hydrogen) atoms. The number of rotatable bonds is 6. The number of hydrogen-bond acceptors (Lipinski definition) is 4. The van der Waals surface area contributed by atoms with Gasteiger partial charge >= 0.3 is 0 Å². The first-order valence-electron chi connectivity index (χ1n) is 9.74. The van der Waals surface area contributed by atoms with Crippen LogP contribution in [0.15, 0.2) is 29.2 Å². The third-order valence-electron chi connectivity index (χ3n) is 4.53. The van der Waals surface area contributed by atoms with Crippen molar-refractivity contribution in [1.82, 2.24) is 14.5 Å². The second-order valence-electron chi connectivity index (χ2n) is 8.23. The molecule has 0 unspecified atom stereocenters. The van der Waals surface area contributed by atoms with Gasteiger partial charge in [-0.25, -0.2) is 8.42 Å². The first-order valence-corrected chi connectivity index (χ1v) is 11.2. The van der Waals surface area contributed by atoms with Gasteiger partial charge < -0.3 is 5.32 Å². The number of sulfonamides is 1. The van der Waals surface area contributed by atoms with Gasteiger partial charge in [0.2, 0.25) is 15.9 Å². The third kappa shape index (κ3) is 6.59. The highest BCUT2D eigenvalue weighted by Crippen LogP contribution is 2.19. The molecule has 1 aromatic rings. The molecule has 1 N–H and O–H groups in total. The van der Waals surface area contributed by atoms with E-state index >= 15 is 0 Å². The van der Waals surface area contributed by atoms with E-state index in [0.29, 0.717) is 31.1 Å². The predicted molar refractivity (Wildman–Crippen MR) is 108 cm³/mol. The molecule has 1 aliphatic rings. The van der Waals surface area contributed by atoms with Gasteiger partial charge in [0, 0.05) is 25.2 Å². The summed E-state index contributed by atoms with van der Waals surface area (Å²) in [4.78, 5) is 14.5. The highest BCUT2D eigenvalue weighted by atomic mass is 32.2. The summed E-state index contributed by atoms with van der Waals surface area (Å²) in [5, 5.41) is 2.96. The number of amides is 1. The number of aryl methyl sites for hydroxylation is 1. The van der Waals surface area contributed by atoms with Gasteiger partial charge in [-0.2, -0.15) is 4.31 Å². The van der Waals surface area contributed by atoms with Crippen LogP contribution in [0.5, 0.6) is 0 Å². The van der Waals surface area contributed by atoms with Crippen LogP contribution in [0.3, 0.4) is 0 Å². The zero-order valence-electron chi connectivity index (χ0n) is 17.0. The Hall–Kier alpha value is -1.44. The first kappa shape index (κ1) is 21.9. The minimum Gasteiger partial charge on any atom is -0.350 e. The third-order valence-corrected chi connectivity index (χ3v) is 6.44. The number of hydrogen-bond donors (Lipinski definition) is 1. The fraction of sp³-hybridized carbons (Fsp3) is 0.650. The summed E-state index contributed by atoms with van der Waals surface area (Å²) in [6.07, 6.45) is 2.71. The van der Waals surface area contributed by atoms with Gasteiger partial charge in [0.1, 0.15) is 0 Å². The molecule has 1 aliphatic heterocycles. The number of nitrogens with one attached hydrogen (secondary N) is 1. The predicted octanol–water partition coefficient (Wildman–Crippen LogP) is 2.25. The smallest absolute Gasteiger partial charge is 0.243 e. The van der Waals surface area contributed by atoms with E-state index in [1.54, 1.807) is 16.4 Å². The average molecular weight is 396 g/mol. The average Bonchev–Trinajstić information content (AvgIpc) is 2.80. The largest absolute Gasteiger partial charge is 0.350 e. The van der Waals surface area contributed by atoms with E-state index in [1.165, 1.54) is 0 Å². The lowest BCUT2D eigenvalue weighted by atomic mass is 10.1. The number of carbonyl (C=O) groups is 1. The van der Waals surface area contributed by atoms with Crippen molar-refractivity contribution in [2.75, 3.05) is 32.7 Å². The van der Waals surface area contributed by atoms with Gasteiger partial charge in [0.15, 0.2) is 0 Å². The molecule has 0 radical (unpaired) electrons. The lowest BCUT2D eigenvalue weighted by Crippen LogP contribution is -2.46. The zero-order chi connectivity index (χ0) is 20.1. The minimum atomic E-state index is -3.49. The maximum atomic E-state index is 13.0. The summed E-state index contributed by atoms with van der Waals surface area (Å²) in [5.74, 6) is -0.0229. The molecular formula is C20H33N3O3S. The van der Waals surface area contributed by atoms with E-state index in [1.807, 2.05) is 37.8 Å². The summed E-state index contributed by atoms with van der Waals surface area (Å²) in [7, 11) is -3.49. The van der Waals surface area contributed by atoms with Crippen LogP contribution in [-0.2, 0) is 21.2 Å². The molecular weight excluding hydrogens is 362 g/mol. The highest BCUT2D eigenvalue weighted by molar-refractivity contribution is 7.89. The molecule has 0 bridgehead atoms. The van der Waals surface area contributed by atoms with Crippen molar-refractivity contribution >= 4 is 15.9 Å². The Kier molecular flexibility index (Phi) is 7.42. The van der Waals surface area contributed by atoms with Crippen LogP contribution >= 0.6 is 0 Å². The van der Waals surface area contributed by atoms with Gasteiger partial charge in [0.05, 0.1) is 11.4 Å². The summed E-state index contributed by atoms with van der Waals surface area (Å²) in [5.41, 5.74) is 0.894. The molecule has 7 heteroatoms.